The van der Waals surface area contributed by atoms with Crippen molar-refractivity contribution in [3.05, 3.63) is 11.8 Å². The molecule has 0 amide bonds. The maximum absolute atomic E-state index is 8.17. The first-order valence-electron chi connectivity index (χ1n) is 6.48. The lowest BCUT2D eigenvalue weighted by molar-refractivity contribution is 0.177. The summed E-state index contributed by atoms with van der Waals surface area (Å²) < 4.78 is 5.06. The average molecular weight is 254 g/mol. The Morgan fingerprint density at radius 3 is 2.56 bits per heavy atom. The normalized spacial score (nSPS) is 19.8. The molecule has 5 heteroatoms. The van der Waals surface area contributed by atoms with Crippen LogP contribution >= 0.6 is 0 Å². The molecule has 1 rings (SSSR count). The topological polar surface area (TPSA) is 51.6 Å². The SMILES string of the molecule is COC[C@@H](C)N/C=C(\C)C(=N)N1CCN(C)CC1. The highest BCUT2D eigenvalue weighted by molar-refractivity contribution is 5.95. The van der Waals surface area contributed by atoms with Gasteiger partial charge in [-0.3, -0.25) is 5.41 Å². The van der Waals surface area contributed by atoms with Crippen molar-refractivity contribution in [2.45, 2.75) is 19.9 Å². The Morgan fingerprint density at radius 1 is 1.39 bits per heavy atom. The molecule has 5 nitrogen and oxygen atoms in total. The molecule has 0 spiro atoms. The Balaban J connectivity index is 2.42. The first-order valence-corrected chi connectivity index (χ1v) is 6.48. The van der Waals surface area contributed by atoms with E-state index >= 15 is 0 Å². The van der Waals surface area contributed by atoms with Gasteiger partial charge in [0.05, 0.1) is 6.61 Å². The Labute approximate surface area is 110 Å². The summed E-state index contributed by atoms with van der Waals surface area (Å²) in [4.78, 5) is 4.43. The van der Waals surface area contributed by atoms with E-state index in [1.165, 1.54) is 0 Å². The third-order valence-electron chi connectivity index (χ3n) is 3.19. The van der Waals surface area contributed by atoms with Crippen molar-refractivity contribution in [2.75, 3.05) is 46.9 Å². The molecular formula is C13H26N4O. The fraction of sp³-hybridized carbons (Fsp3) is 0.769. The fourth-order valence-corrected chi connectivity index (χ4v) is 1.91. The number of hydrogen-bond donors (Lipinski definition) is 2. The molecule has 0 bridgehead atoms. The zero-order chi connectivity index (χ0) is 13.5. The van der Waals surface area contributed by atoms with E-state index < -0.39 is 0 Å². The van der Waals surface area contributed by atoms with Gasteiger partial charge in [0, 0.05) is 51.1 Å². The molecule has 2 N–H and O–H groups in total. The largest absolute Gasteiger partial charge is 0.386 e. The third-order valence-corrected chi connectivity index (χ3v) is 3.19. The summed E-state index contributed by atoms with van der Waals surface area (Å²) >= 11 is 0. The Morgan fingerprint density at radius 2 is 2.00 bits per heavy atom. The van der Waals surface area contributed by atoms with E-state index in [1.807, 2.05) is 13.1 Å². The second-order valence-electron chi connectivity index (χ2n) is 4.99. The first-order chi connectivity index (χ1) is 8.54. The average Bonchev–Trinajstić information content (AvgIpc) is 2.36. The lowest BCUT2D eigenvalue weighted by Crippen LogP contribution is -2.47. The van der Waals surface area contributed by atoms with Crippen LogP contribution in [0, 0.1) is 5.41 Å². The van der Waals surface area contributed by atoms with Gasteiger partial charge in [-0.15, -0.1) is 0 Å². The number of amidine groups is 1. The number of ether oxygens (including phenoxy) is 1. The maximum atomic E-state index is 8.17. The number of nitrogens with one attached hydrogen (secondary N) is 2. The van der Waals surface area contributed by atoms with Gasteiger partial charge >= 0.3 is 0 Å². The second kappa shape index (κ2) is 7.38. The van der Waals surface area contributed by atoms with E-state index in [4.69, 9.17) is 10.1 Å². The molecule has 0 aromatic heterocycles. The van der Waals surface area contributed by atoms with E-state index in [0.717, 1.165) is 31.8 Å². The van der Waals surface area contributed by atoms with E-state index in [1.54, 1.807) is 7.11 Å². The third kappa shape index (κ3) is 4.66. The van der Waals surface area contributed by atoms with Gasteiger partial charge in [0.25, 0.3) is 0 Å². The van der Waals surface area contributed by atoms with Crippen LogP contribution in [0.15, 0.2) is 11.8 Å². The van der Waals surface area contributed by atoms with Crippen LogP contribution in [0.5, 0.6) is 0 Å². The number of nitrogens with zero attached hydrogens (tertiary/aromatic N) is 2. The minimum atomic E-state index is 0.269. The standard InChI is InChI=1S/C13H26N4O/c1-11(9-15-12(2)10-18-4)13(14)17-7-5-16(3)6-8-17/h9,12,14-15H,5-8,10H2,1-4H3/b11-9+,14-13?/t12-/m1/s1. The van der Waals surface area contributed by atoms with Crippen LogP contribution in [-0.4, -0.2) is 68.6 Å². The Kier molecular flexibility index (Phi) is 6.15. The molecule has 1 atom stereocenters. The molecule has 0 aromatic carbocycles. The summed E-state index contributed by atoms with van der Waals surface area (Å²) in [6, 6.07) is 0.269. The van der Waals surface area contributed by atoms with E-state index in [2.05, 4.69) is 29.1 Å². The zero-order valence-corrected chi connectivity index (χ0v) is 12.0. The molecule has 1 aliphatic rings. The highest BCUT2D eigenvalue weighted by Crippen LogP contribution is 2.05. The Hall–Kier alpha value is -1.07. The van der Waals surface area contributed by atoms with Crippen LogP contribution in [0.2, 0.25) is 0 Å². The van der Waals surface area contributed by atoms with Gasteiger partial charge < -0.3 is 19.9 Å². The summed E-state index contributed by atoms with van der Waals surface area (Å²) in [7, 11) is 3.82. The molecule has 0 unspecified atom stereocenters. The first kappa shape index (κ1) is 15.0. The predicted molar refractivity (Wildman–Crippen MR) is 75.0 cm³/mol. The van der Waals surface area contributed by atoms with Gasteiger partial charge in [-0.05, 0) is 20.9 Å². The molecule has 1 heterocycles. The molecule has 0 aliphatic carbocycles. The van der Waals surface area contributed by atoms with Crippen LogP contribution in [0.25, 0.3) is 0 Å². The van der Waals surface area contributed by atoms with E-state index in [-0.39, 0.29) is 6.04 Å². The van der Waals surface area contributed by atoms with Crippen molar-refractivity contribution in [3.8, 4) is 0 Å². The van der Waals surface area contributed by atoms with Gasteiger partial charge in [-0.25, -0.2) is 0 Å². The van der Waals surface area contributed by atoms with Crippen molar-refractivity contribution in [3.63, 3.8) is 0 Å². The van der Waals surface area contributed by atoms with Crippen LogP contribution in [-0.2, 0) is 4.74 Å². The number of rotatable bonds is 5. The van der Waals surface area contributed by atoms with Crippen LogP contribution < -0.4 is 5.32 Å². The number of piperazine rings is 1. The van der Waals surface area contributed by atoms with Gasteiger partial charge in [0.2, 0.25) is 0 Å². The number of likely N-dealkylation sites (N-methyl/N-ethyl adjacent to an activating group) is 1. The molecular weight excluding hydrogens is 228 g/mol. The van der Waals surface area contributed by atoms with Crippen molar-refractivity contribution < 1.29 is 4.74 Å². The van der Waals surface area contributed by atoms with Crippen LogP contribution in [0.3, 0.4) is 0 Å². The lowest BCUT2D eigenvalue weighted by Gasteiger charge is -2.34. The van der Waals surface area contributed by atoms with Crippen molar-refractivity contribution in [1.29, 1.82) is 5.41 Å². The molecule has 1 fully saturated rings. The van der Waals surface area contributed by atoms with Crippen molar-refractivity contribution in [2.24, 2.45) is 0 Å². The van der Waals surface area contributed by atoms with Crippen molar-refractivity contribution >= 4 is 5.84 Å². The second-order valence-corrected chi connectivity index (χ2v) is 4.99. The number of methoxy groups -OCH3 is 1. The Bertz CT molecular complexity index is 295. The highest BCUT2D eigenvalue weighted by Gasteiger charge is 2.17. The van der Waals surface area contributed by atoms with E-state index in [0.29, 0.717) is 12.4 Å². The van der Waals surface area contributed by atoms with E-state index in [9.17, 15) is 0 Å². The zero-order valence-electron chi connectivity index (χ0n) is 12.0. The smallest absolute Gasteiger partial charge is 0.125 e. The van der Waals surface area contributed by atoms with Gasteiger partial charge in [-0.2, -0.15) is 0 Å². The molecule has 0 radical (unpaired) electrons. The molecule has 0 saturated carbocycles. The molecule has 0 aromatic rings. The lowest BCUT2D eigenvalue weighted by atomic mass is 10.2. The van der Waals surface area contributed by atoms with Crippen LogP contribution in [0.1, 0.15) is 13.8 Å². The molecule has 1 saturated heterocycles. The van der Waals surface area contributed by atoms with Gasteiger partial charge in [0.1, 0.15) is 5.84 Å². The van der Waals surface area contributed by atoms with Gasteiger partial charge in [0.15, 0.2) is 0 Å². The van der Waals surface area contributed by atoms with Gasteiger partial charge in [-0.1, -0.05) is 0 Å². The summed E-state index contributed by atoms with van der Waals surface area (Å²) in [5.74, 6) is 0.625. The minimum absolute atomic E-state index is 0.269. The maximum Gasteiger partial charge on any atom is 0.125 e. The molecule has 104 valence electrons. The minimum Gasteiger partial charge on any atom is -0.386 e. The van der Waals surface area contributed by atoms with Crippen LogP contribution in [0.4, 0.5) is 0 Å². The summed E-state index contributed by atoms with van der Waals surface area (Å²) in [6.07, 6.45) is 1.92. The number of hydrogen-bond acceptors (Lipinski definition) is 4. The monoisotopic (exact) mass is 254 g/mol. The summed E-state index contributed by atoms with van der Waals surface area (Å²) in [6.45, 7) is 8.65. The summed E-state index contributed by atoms with van der Waals surface area (Å²) in [5, 5.41) is 11.4. The fourth-order valence-electron chi connectivity index (χ4n) is 1.91. The molecule has 18 heavy (non-hydrogen) atoms. The summed E-state index contributed by atoms with van der Waals surface area (Å²) in [5.41, 5.74) is 0.975. The van der Waals surface area contributed by atoms with Crippen molar-refractivity contribution in [1.82, 2.24) is 15.1 Å². The quantitative estimate of drug-likeness (QED) is 0.561. The molecule has 1 aliphatic heterocycles. The predicted octanol–water partition coefficient (Wildman–Crippen LogP) is 0.739. The highest BCUT2D eigenvalue weighted by atomic mass is 16.5.